The summed E-state index contributed by atoms with van der Waals surface area (Å²) in [5.41, 5.74) is 1.10. The Hall–Kier alpha value is -4.16. The van der Waals surface area contributed by atoms with Crippen molar-refractivity contribution in [2.24, 2.45) is 7.05 Å². The number of hydrogen-bond acceptors (Lipinski definition) is 7. The highest BCUT2D eigenvalue weighted by Crippen LogP contribution is 2.39. The summed E-state index contributed by atoms with van der Waals surface area (Å²) >= 11 is 1.29. The average Bonchev–Trinajstić information content (AvgIpc) is 3.25. The van der Waals surface area contributed by atoms with E-state index in [2.05, 4.69) is 10.3 Å². The number of aryl methyl sites for hydroxylation is 2. The molecule has 0 saturated heterocycles. The first kappa shape index (κ1) is 24.9. The lowest BCUT2D eigenvalue weighted by Crippen LogP contribution is -2.40. The monoisotopic (exact) mass is 503 g/mol. The molecule has 0 N–H and O–H groups in total. The van der Waals surface area contributed by atoms with E-state index in [1.165, 1.54) is 22.2 Å². The fraction of sp³-hybridized carbons (Fsp3) is 0.259. The van der Waals surface area contributed by atoms with E-state index < -0.39 is 22.8 Å². The molecule has 4 aromatic rings. The van der Waals surface area contributed by atoms with Crippen LogP contribution in [0.25, 0.3) is 27.0 Å². The van der Waals surface area contributed by atoms with Gasteiger partial charge in [0.15, 0.2) is 12.2 Å². The molecule has 2 aromatic carbocycles. The Morgan fingerprint density at radius 3 is 2.61 bits per heavy atom. The smallest absolute Gasteiger partial charge is 0.350 e. The maximum absolute atomic E-state index is 12.9. The average molecular weight is 504 g/mol. The molecule has 2 heterocycles. The van der Waals surface area contributed by atoms with E-state index >= 15 is 0 Å². The van der Waals surface area contributed by atoms with Gasteiger partial charge in [0.2, 0.25) is 0 Å². The van der Waals surface area contributed by atoms with Crippen molar-refractivity contribution in [2.45, 2.75) is 33.3 Å². The molecule has 0 saturated carbocycles. The van der Waals surface area contributed by atoms with Crippen LogP contribution in [-0.2, 0) is 16.6 Å². The molecule has 2 aromatic heterocycles. The van der Waals surface area contributed by atoms with E-state index in [4.69, 9.17) is 15.9 Å². The van der Waals surface area contributed by atoms with Gasteiger partial charge in [-0.3, -0.25) is 4.79 Å². The van der Waals surface area contributed by atoms with Gasteiger partial charge in [0.25, 0.3) is 5.56 Å². The number of fused-ring (bicyclic) bond motifs is 1. The molecule has 0 unspecified atom stereocenters. The second-order valence-electron chi connectivity index (χ2n) is 8.90. The van der Waals surface area contributed by atoms with E-state index in [1.54, 1.807) is 46.0 Å². The van der Waals surface area contributed by atoms with Crippen LogP contribution in [0.2, 0.25) is 0 Å². The Kier molecular flexibility index (Phi) is 6.57. The van der Waals surface area contributed by atoms with Crippen molar-refractivity contribution in [3.05, 3.63) is 74.6 Å². The highest BCUT2D eigenvalue weighted by atomic mass is 32.1. The van der Waals surface area contributed by atoms with Crippen molar-refractivity contribution >= 4 is 27.6 Å². The molecule has 0 fully saturated rings. The number of terminal acetylenes is 1. The molecule has 0 spiro atoms. The zero-order valence-electron chi connectivity index (χ0n) is 20.6. The van der Waals surface area contributed by atoms with Crippen LogP contribution in [0.3, 0.4) is 0 Å². The Bertz CT molecular complexity index is 1650. The SMILES string of the molecule is C#CCOC(=O)C(C)(C)Oc1ccc(C)cc1-c1nsc2ccc(-n3c(=O)cc(C)n(C)c3=O)cc12. The van der Waals surface area contributed by atoms with Crippen LogP contribution in [0.1, 0.15) is 25.1 Å². The van der Waals surface area contributed by atoms with Gasteiger partial charge in [-0.2, -0.15) is 4.37 Å². The molecule has 184 valence electrons. The highest BCUT2D eigenvalue weighted by Gasteiger charge is 2.33. The maximum atomic E-state index is 12.9. The third-order valence-electron chi connectivity index (χ3n) is 5.81. The zero-order chi connectivity index (χ0) is 26.2. The Morgan fingerprint density at radius 2 is 1.89 bits per heavy atom. The predicted molar refractivity (Wildman–Crippen MR) is 140 cm³/mol. The van der Waals surface area contributed by atoms with Crippen molar-refractivity contribution in [3.8, 4) is 35.0 Å². The topological polar surface area (TPSA) is 92.4 Å². The molecule has 0 bridgehead atoms. The zero-order valence-corrected chi connectivity index (χ0v) is 21.4. The van der Waals surface area contributed by atoms with E-state index in [0.717, 1.165) is 20.2 Å². The standard InChI is InChI=1S/C27H25N3O5S/c1-7-12-34-25(32)27(4,5)35-21-10-8-16(2)13-19(21)24-20-15-18(9-11-22(20)36-28-24)30-23(31)14-17(3)29(6)26(30)33/h1,8-11,13-15H,12H2,2-6H3. The summed E-state index contributed by atoms with van der Waals surface area (Å²) in [7, 11) is 1.62. The number of aromatic nitrogens is 3. The number of carbonyl (C=O) groups is 1. The van der Waals surface area contributed by atoms with Crippen LogP contribution in [0, 0.1) is 26.2 Å². The quantitative estimate of drug-likeness (QED) is 0.294. The van der Waals surface area contributed by atoms with Crippen molar-refractivity contribution in [2.75, 3.05) is 6.61 Å². The molecule has 0 radical (unpaired) electrons. The second kappa shape index (κ2) is 9.47. The number of ether oxygens (including phenoxy) is 2. The van der Waals surface area contributed by atoms with Crippen molar-refractivity contribution < 1.29 is 14.3 Å². The van der Waals surface area contributed by atoms with Crippen LogP contribution in [0.5, 0.6) is 5.75 Å². The number of benzene rings is 2. The Labute approximate surface area is 211 Å². The number of rotatable bonds is 6. The number of carbonyl (C=O) groups excluding carboxylic acids is 1. The Morgan fingerprint density at radius 1 is 1.14 bits per heavy atom. The van der Waals surface area contributed by atoms with Gasteiger partial charge in [-0.25, -0.2) is 14.2 Å². The summed E-state index contributed by atoms with van der Waals surface area (Å²) in [5.74, 6) is 2.12. The fourth-order valence-electron chi connectivity index (χ4n) is 3.75. The molecular weight excluding hydrogens is 478 g/mol. The highest BCUT2D eigenvalue weighted by molar-refractivity contribution is 7.13. The molecule has 8 nitrogen and oxygen atoms in total. The van der Waals surface area contributed by atoms with Crippen molar-refractivity contribution in [3.63, 3.8) is 0 Å². The normalized spacial score (nSPS) is 11.3. The minimum absolute atomic E-state index is 0.149. The summed E-state index contributed by atoms with van der Waals surface area (Å²) < 4.78 is 19.3. The molecule has 0 amide bonds. The van der Waals surface area contributed by atoms with E-state index in [-0.39, 0.29) is 6.61 Å². The van der Waals surface area contributed by atoms with Gasteiger partial charge in [-0.1, -0.05) is 17.6 Å². The predicted octanol–water partition coefficient (Wildman–Crippen LogP) is 3.76. The minimum Gasteiger partial charge on any atom is -0.475 e. The number of hydrogen-bond donors (Lipinski definition) is 0. The second-order valence-corrected chi connectivity index (χ2v) is 9.71. The first-order chi connectivity index (χ1) is 17.0. The van der Waals surface area contributed by atoms with Gasteiger partial charge in [0.1, 0.15) is 5.75 Å². The van der Waals surface area contributed by atoms with Crippen molar-refractivity contribution in [1.82, 2.24) is 13.5 Å². The molecule has 9 heteroatoms. The fourth-order valence-corrected chi connectivity index (χ4v) is 4.52. The first-order valence-corrected chi connectivity index (χ1v) is 11.9. The first-order valence-electron chi connectivity index (χ1n) is 11.1. The molecule has 0 aliphatic carbocycles. The van der Waals surface area contributed by atoms with Gasteiger partial charge in [-0.15, -0.1) is 6.42 Å². The van der Waals surface area contributed by atoms with Crippen LogP contribution in [0.15, 0.2) is 52.1 Å². The lowest BCUT2D eigenvalue weighted by atomic mass is 10.0. The summed E-state index contributed by atoms with van der Waals surface area (Å²) in [6, 6.07) is 12.3. The van der Waals surface area contributed by atoms with E-state index in [9.17, 15) is 14.4 Å². The third-order valence-corrected chi connectivity index (χ3v) is 6.63. The lowest BCUT2D eigenvalue weighted by Gasteiger charge is -2.25. The summed E-state index contributed by atoms with van der Waals surface area (Å²) in [6.45, 7) is 6.71. The molecular formula is C27H25N3O5S. The minimum atomic E-state index is -1.31. The van der Waals surface area contributed by atoms with E-state index in [0.29, 0.717) is 28.4 Å². The van der Waals surface area contributed by atoms with Gasteiger partial charge >= 0.3 is 11.7 Å². The third kappa shape index (κ3) is 4.55. The van der Waals surface area contributed by atoms with Gasteiger partial charge in [-0.05, 0) is 69.6 Å². The number of esters is 1. The number of nitrogens with zero attached hydrogens (tertiary/aromatic N) is 3. The molecule has 0 aliphatic heterocycles. The summed E-state index contributed by atoms with van der Waals surface area (Å²) in [5, 5.41) is 0.746. The van der Waals surface area contributed by atoms with Crippen LogP contribution < -0.4 is 16.0 Å². The van der Waals surface area contributed by atoms with Crippen LogP contribution in [-0.4, -0.2) is 31.7 Å². The summed E-state index contributed by atoms with van der Waals surface area (Å²) in [4.78, 5) is 38.1. The van der Waals surface area contributed by atoms with Crippen LogP contribution in [0.4, 0.5) is 0 Å². The van der Waals surface area contributed by atoms with E-state index in [1.807, 2.05) is 25.1 Å². The van der Waals surface area contributed by atoms with Gasteiger partial charge in [0, 0.05) is 29.8 Å². The van der Waals surface area contributed by atoms with Gasteiger partial charge in [0.05, 0.1) is 16.1 Å². The molecule has 0 aliphatic rings. The molecule has 0 atom stereocenters. The lowest BCUT2D eigenvalue weighted by molar-refractivity contribution is -0.157. The molecule has 4 rings (SSSR count). The molecule has 36 heavy (non-hydrogen) atoms. The van der Waals surface area contributed by atoms with Gasteiger partial charge < -0.3 is 14.0 Å². The summed E-state index contributed by atoms with van der Waals surface area (Å²) in [6.07, 6.45) is 5.20. The Balaban J connectivity index is 1.85. The largest absolute Gasteiger partial charge is 0.475 e. The van der Waals surface area contributed by atoms with Crippen LogP contribution >= 0.6 is 11.5 Å². The maximum Gasteiger partial charge on any atom is 0.350 e. The van der Waals surface area contributed by atoms with Crippen molar-refractivity contribution in [1.29, 1.82) is 0 Å².